The molecule has 0 spiro atoms. The molecule has 1 amide bonds. The monoisotopic (exact) mass is 347 g/mol. The molecule has 6 nitrogen and oxygen atoms in total. The molecular formula is C19H29N3O3. The lowest BCUT2D eigenvalue weighted by molar-refractivity contribution is -0.384. The van der Waals surface area contributed by atoms with Crippen LogP contribution >= 0.6 is 0 Å². The van der Waals surface area contributed by atoms with E-state index in [-0.39, 0.29) is 11.6 Å². The maximum absolute atomic E-state index is 11.8. The third kappa shape index (κ3) is 8.98. The Morgan fingerprint density at radius 2 is 1.76 bits per heavy atom. The summed E-state index contributed by atoms with van der Waals surface area (Å²) in [5.41, 5.74) is 3.71. The van der Waals surface area contributed by atoms with Crippen LogP contribution < -0.4 is 5.43 Å². The van der Waals surface area contributed by atoms with Crippen molar-refractivity contribution in [3.05, 3.63) is 39.9 Å². The minimum Gasteiger partial charge on any atom is -0.273 e. The van der Waals surface area contributed by atoms with Gasteiger partial charge < -0.3 is 0 Å². The zero-order valence-electron chi connectivity index (χ0n) is 15.3. The van der Waals surface area contributed by atoms with Crippen molar-refractivity contribution in [3.63, 3.8) is 0 Å². The minimum absolute atomic E-state index is 0.0114. The number of hydrogen-bond donors (Lipinski definition) is 1. The summed E-state index contributed by atoms with van der Waals surface area (Å²) in [5, 5.41) is 14.8. The zero-order valence-corrected chi connectivity index (χ0v) is 15.3. The highest BCUT2D eigenvalue weighted by atomic mass is 16.6. The molecule has 1 N–H and O–H groups in total. The number of non-ortho nitro benzene ring substituents is 1. The molecule has 0 radical (unpaired) electrons. The van der Waals surface area contributed by atoms with E-state index in [1.165, 1.54) is 50.7 Å². The lowest BCUT2D eigenvalue weighted by Crippen LogP contribution is -2.18. The van der Waals surface area contributed by atoms with Gasteiger partial charge in [-0.2, -0.15) is 5.10 Å². The number of rotatable bonds is 12. The van der Waals surface area contributed by atoms with E-state index in [1.807, 2.05) is 0 Å². The number of nitro groups is 1. The number of nitro benzene ring substituents is 1. The molecule has 0 atom stereocenters. The Labute approximate surface area is 149 Å². The lowest BCUT2D eigenvalue weighted by Gasteiger charge is -2.04. The Morgan fingerprint density at radius 1 is 1.12 bits per heavy atom. The summed E-state index contributed by atoms with van der Waals surface area (Å²) in [6, 6.07) is 6.21. The molecule has 6 heteroatoms. The summed E-state index contributed by atoms with van der Waals surface area (Å²) in [4.78, 5) is 22.1. The van der Waals surface area contributed by atoms with E-state index < -0.39 is 4.92 Å². The smallest absolute Gasteiger partial charge is 0.270 e. The van der Waals surface area contributed by atoms with Crippen LogP contribution in [0.3, 0.4) is 0 Å². The summed E-state index contributed by atoms with van der Waals surface area (Å²) in [7, 11) is 0. The number of amides is 1. The Kier molecular flexibility index (Phi) is 10.1. The number of nitrogens with one attached hydrogen (secondary N) is 1. The number of nitrogens with zero attached hydrogens (tertiary/aromatic N) is 2. The summed E-state index contributed by atoms with van der Waals surface area (Å²) in [6.45, 7) is 3.93. The van der Waals surface area contributed by atoms with Crippen molar-refractivity contribution in [1.82, 2.24) is 5.43 Å². The van der Waals surface area contributed by atoms with E-state index >= 15 is 0 Å². The average molecular weight is 347 g/mol. The first kappa shape index (κ1) is 20.8. The van der Waals surface area contributed by atoms with Crippen molar-refractivity contribution < 1.29 is 9.72 Å². The number of carbonyl (C=O) groups excluding carboxylic acids is 1. The Bertz CT molecular complexity index is 585. The Morgan fingerprint density at radius 3 is 2.40 bits per heavy atom. The molecule has 25 heavy (non-hydrogen) atoms. The van der Waals surface area contributed by atoms with Gasteiger partial charge in [0.25, 0.3) is 5.69 Å². The first-order valence-corrected chi connectivity index (χ1v) is 9.12. The summed E-state index contributed by atoms with van der Waals surface area (Å²) in [5.74, 6) is -0.115. The lowest BCUT2D eigenvalue weighted by atomic mass is 10.1. The molecule has 0 aromatic heterocycles. The highest BCUT2D eigenvalue weighted by molar-refractivity contribution is 5.99. The predicted octanol–water partition coefficient (Wildman–Crippen LogP) is 4.97. The number of hydrogen-bond acceptors (Lipinski definition) is 4. The van der Waals surface area contributed by atoms with Gasteiger partial charge in [-0.3, -0.25) is 14.9 Å². The Hall–Kier alpha value is -2.24. The first-order valence-electron chi connectivity index (χ1n) is 9.12. The highest BCUT2D eigenvalue weighted by Gasteiger charge is 2.08. The number of hydrazone groups is 1. The topological polar surface area (TPSA) is 84.6 Å². The van der Waals surface area contributed by atoms with Gasteiger partial charge in [-0.05, 0) is 13.3 Å². The first-order chi connectivity index (χ1) is 12.0. The van der Waals surface area contributed by atoms with E-state index in [2.05, 4.69) is 17.5 Å². The molecular weight excluding hydrogens is 318 g/mol. The summed E-state index contributed by atoms with van der Waals surface area (Å²) in [6.07, 6.45) is 9.97. The van der Waals surface area contributed by atoms with Gasteiger partial charge in [0.1, 0.15) is 0 Å². The minimum atomic E-state index is -0.447. The van der Waals surface area contributed by atoms with Gasteiger partial charge in [-0.25, -0.2) is 5.43 Å². The molecule has 0 heterocycles. The molecule has 1 rings (SSSR count). The quantitative estimate of drug-likeness (QED) is 0.251. The van der Waals surface area contributed by atoms with E-state index in [0.29, 0.717) is 17.7 Å². The van der Waals surface area contributed by atoms with Crippen LogP contribution in [0.5, 0.6) is 0 Å². The molecule has 0 saturated heterocycles. The number of benzene rings is 1. The summed E-state index contributed by atoms with van der Waals surface area (Å²) >= 11 is 0. The van der Waals surface area contributed by atoms with Crippen molar-refractivity contribution in [2.45, 2.75) is 71.6 Å². The van der Waals surface area contributed by atoms with Crippen molar-refractivity contribution in [3.8, 4) is 0 Å². The molecule has 0 fully saturated rings. The van der Waals surface area contributed by atoms with Crippen molar-refractivity contribution >= 4 is 17.3 Å². The second-order valence-electron chi connectivity index (χ2n) is 6.26. The van der Waals surface area contributed by atoms with Crippen LogP contribution in [-0.2, 0) is 4.79 Å². The van der Waals surface area contributed by atoms with Crippen molar-refractivity contribution in [2.75, 3.05) is 0 Å². The van der Waals surface area contributed by atoms with Crippen LogP contribution in [0.1, 0.15) is 77.2 Å². The fraction of sp³-hybridized carbons (Fsp3) is 0.579. The van der Waals surface area contributed by atoms with E-state index in [9.17, 15) is 14.9 Å². The zero-order chi connectivity index (χ0) is 18.5. The van der Waals surface area contributed by atoms with Gasteiger partial charge in [0, 0.05) is 24.1 Å². The molecule has 0 aliphatic carbocycles. The van der Waals surface area contributed by atoms with Crippen LogP contribution in [0.2, 0.25) is 0 Å². The molecule has 0 unspecified atom stereocenters. The third-order valence-electron chi connectivity index (χ3n) is 4.08. The third-order valence-corrected chi connectivity index (χ3v) is 4.08. The van der Waals surface area contributed by atoms with E-state index in [1.54, 1.807) is 19.1 Å². The molecule has 0 saturated carbocycles. The Balaban J connectivity index is 2.27. The van der Waals surface area contributed by atoms with E-state index in [0.717, 1.165) is 12.8 Å². The molecule has 138 valence electrons. The van der Waals surface area contributed by atoms with Gasteiger partial charge in [0.15, 0.2) is 0 Å². The fourth-order valence-electron chi connectivity index (χ4n) is 2.53. The van der Waals surface area contributed by atoms with Crippen molar-refractivity contribution in [2.24, 2.45) is 5.10 Å². The van der Waals surface area contributed by atoms with Crippen LogP contribution in [0.15, 0.2) is 29.4 Å². The molecule has 0 aliphatic rings. The second-order valence-corrected chi connectivity index (χ2v) is 6.26. The van der Waals surface area contributed by atoms with Gasteiger partial charge in [0.05, 0.1) is 10.6 Å². The van der Waals surface area contributed by atoms with Gasteiger partial charge in [-0.15, -0.1) is 0 Å². The number of carbonyl (C=O) groups is 1. The van der Waals surface area contributed by atoms with Gasteiger partial charge >= 0.3 is 0 Å². The molecule has 1 aromatic carbocycles. The van der Waals surface area contributed by atoms with Crippen LogP contribution in [-0.4, -0.2) is 16.5 Å². The maximum atomic E-state index is 11.8. The second kappa shape index (κ2) is 12.2. The van der Waals surface area contributed by atoms with Crippen LogP contribution in [0.4, 0.5) is 5.69 Å². The molecule has 0 bridgehead atoms. The van der Waals surface area contributed by atoms with Crippen LogP contribution in [0, 0.1) is 10.1 Å². The standard InChI is InChI=1S/C19H29N3O3/c1-3-4-5-6-7-8-9-10-14-19(23)21-20-16(2)17-12-11-13-18(15-17)22(24)25/h11-13,15H,3-10,14H2,1-2H3,(H,21,23)/b20-16+. The summed E-state index contributed by atoms with van der Waals surface area (Å²) < 4.78 is 0. The molecule has 1 aromatic rings. The van der Waals surface area contributed by atoms with Crippen molar-refractivity contribution in [1.29, 1.82) is 0 Å². The average Bonchev–Trinajstić information content (AvgIpc) is 2.62. The highest BCUT2D eigenvalue weighted by Crippen LogP contribution is 2.13. The van der Waals surface area contributed by atoms with Crippen LogP contribution in [0.25, 0.3) is 0 Å². The fourth-order valence-corrected chi connectivity index (χ4v) is 2.53. The number of unbranched alkanes of at least 4 members (excludes halogenated alkanes) is 7. The normalized spacial score (nSPS) is 11.4. The van der Waals surface area contributed by atoms with E-state index in [4.69, 9.17) is 0 Å². The molecule has 0 aliphatic heterocycles. The SMILES string of the molecule is CCCCCCCCCCC(=O)N/N=C(\C)c1cccc([N+](=O)[O-])c1. The predicted molar refractivity (Wildman–Crippen MR) is 101 cm³/mol. The van der Waals surface area contributed by atoms with Gasteiger partial charge in [0.2, 0.25) is 5.91 Å². The van der Waals surface area contributed by atoms with Gasteiger partial charge in [-0.1, -0.05) is 64.0 Å². The maximum Gasteiger partial charge on any atom is 0.270 e. The largest absolute Gasteiger partial charge is 0.273 e.